The third-order valence-electron chi connectivity index (χ3n) is 4.89. The molecule has 0 unspecified atom stereocenters. The smallest absolute Gasteiger partial charge is 0.269 e. The topological polar surface area (TPSA) is 84.7 Å². The third-order valence-corrected chi connectivity index (χ3v) is 4.89. The fourth-order valence-electron chi connectivity index (χ4n) is 3.65. The number of aryl methyl sites for hydroxylation is 1. The van der Waals surface area contributed by atoms with Crippen LogP contribution in [0.2, 0.25) is 0 Å². The number of nitrogens with zero attached hydrogens (tertiary/aromatic N) is 2. The van der Waals surface area contributed by atoms with Crippen molar-refractivity contribution >= 4 is 17.3 Å². The first kappa shape index (κ1) is 16.9. The van der Waals surface area contributed by atoms with Crippen LogP contribution in [0, 0.1) is 17.0 Å². The Morgan fingerprint density at radius 3 is 2.96 bits per heavy atom. The Hall–Kier alpha value is -1.99. The molecule has 1 N–H and O–H groups in total. The number of carbonyl (C=O) groups excluding carboxylic acids is 1. The number of morpholine rings is 1. The number of anilines is 1. The van der Waals surface area contributed by atoms with Crippen LogP contribution in [0.3, 0.4) is 0 Å². The predicted molar refractivity (Wildman–Crippen MR) is 90.0 cm³/mol. The normalized spacial score (nSPS) is 24.2. The van der Waals surface area contributed by atoms with Gasteiger partial charge in [0, 0.05) is 30.4 Å². The molecule has 1 aliphatic carbocycles. The molecule has 2 aliphatic rings. The monoisotopic (exact) mass is 333 g/mol. The van der Waals surface area contributed by atoms with Crippen molar-refractivity contribution < 1.29 is 14.5 Å². The summed E-state index contributed by atoms with van der Waals surface area (Å²) >= 11 is 0. The highest BCUT2D eigenvalue weighted by molar-refractivity contribution is 5.93. The van der Waals surface area contributed by atoms with Crippen LogP contribution in [0.15, 0.2) is 18.2 Å². The summed E-state index contributed by atoms with van der Waals surface area (Å²) in [5, 5.41) is 13.7. The van der Waals surface area contributed by atoms with Gasteiger partial charge in [-0.15, -0.1) is 0 Å². The van der Waals surface area contributed by atoms with Crippen LogP contribution < -0.4 is 5.32 Å². The predicted octanol–water partition coefficient (Wildman–Crippen LogP) is 2.49. The second-order valence-corrected chi connectivity index (χ2v) is 6.54. The van der Waals surface area contributed by atoms with Crippen LogP contribution in [0.4, 0.5) is 11.4 Å². The van der Waals surface area contributed by atoms with Crippen molar-refractivity contribution in [2.24, 2.45) is 0 Å². The number of carbonyl (C=O) groups is 1. The fourth-order valence-corrected chi connectivity index (χ4v) is 3.65. The van der Waals surface area contributed by atoms with E-state index in [0.717, 1.165) is 19.4 Å². The van der Waals surface area contributed by atoms with Crippen molar-refractivity contribution in [3.8, 4) is 0 Å². The molecule has 2 fully saturated rings. The van der Waals surface area contributed by atoms with Crippen molar-refractivity contribution in [2.75, 3.05) is 25.0 Å². The molecule has 24 heavy (non-hydrogen) atoms. The molecule has 0 bridgehead atoms. The number of hydrogen-bond acceptors (Lipinski definition) is 5. The number of nitro benzene ring substituents is 1. The number of benzene rings is 1. The molecule has 1 aromatic carbocycles. The van der Waals surface area contributed by atoms with E-state index in [2.05, 4.69) is 10.2 Å². The zero-order chi connectivity index (χ0) is 17.1. The molecule has 7 heteroatoms. The highest BCUT2D eigenvalue weighted by atomic mass is 16.6. The van der Waals surface area contributed by atoms with Crippen molar-refractivity contribution in [1.29, 1.82) is 0 Å². The van der Waals surface area contributed by atoms with Gasteiger partial charge in [0.1, 0.15) is 0 Å². The number of non-ortho nitro benzene ring substituents is 1. The molecule has 2 atom stereocenters. The van der Waals surface area contributed by atoms with Gasteiger partial charge >= 0.3 is 0 Å². The molecule has 1 aliphatic heterocycles. The molecule has 0 aromatic heterocycles. The van der Waals surface area contributed by atoms with Crippen molar-refractivity contribution in [3.05, 3.63) is 33.9 Å². The average Bonchev–Trinajstić information content (AvgIpc) is 2.57. The number of nitro groups is 1. The lowest BCUT2D eigenvalue weighted by Gasteiger charge is -2.43. The van der Waals surface area contributed by atoms with E-state index in [1.54, 1.807) is 13.0 Å². The van der Waals surface area contributed by atoms with Gasteiger partial charge in [-0.3, -0.25) is 19.8 Å². The van der Waals surface area contributed by atoms with Gasteiger partial charge in [0.15, 0.2) is 0 Å². The number of nitrogens with one attached hydrogen (secondary N) is 1. The minimum atomic E-state index is -0.435. The lowest BCUT2D eigenvalue weighted by atomic mass is 9.90. The Kier molecular flexibility index (Phi) is 5.11. The van der Waals surface area contributed by atoms with Gasteiger partial charge in [0.2, 0.25) is 5.91 Å². The van der Waals surface area contributed by atoms with Crippen molar-refractivity contribution in [3.63, 3.8) is 0 Å². The molecule has 1 saturated carbocycles. The molecule has 1 saturated heterocycles. The minimum Gasteiger partial charge on any atom is -0.375 e. The van der Waals surface area contributed by atoms with Crippen LogP contribution in [0.5, 0.6) is 0 Å². The molecule has 1 amide bonds. The molecule has 0 spiro atoms. The summed E-state index contributed by atoms with van der Waals surface area (Å²) in [5.41, 5.74) is 1.35. The van der Waals surface area contributed by atoms with E-state index in [1.165, 1.54) is 25.0 Å². The van der Waals surface area contributed by atoms with Crippen LogP contribution in [-0.4, -0.2) is 47.6 Å². The fraction of sp³-hybridized carbons (Fsp3) is 0.588. The first-order valence-corrected chi connectivity index (χ1v) is 8.45. The first-order valence-electron chi connectivity index (χ1n) is 8.45. The van der Waals surface area contributed by atoms with Gasteiger partial charge in [-0.25, -0.2) is 0 Å². The Balaban J connectivity index is 1.62. The average molecular weight is 333 g/mol. The summed E-state index contributed by atoms with van der Waals surface area (Å²) in [6.07, 6.45) is 4.79. The van der Waals surface area contributed by atoms with Gasteiger partial charge in [-0.05, 0) is 31.4 Å². The zero-order valence-corrected chi connectivity index (χ0v) is 13.9. The van der Waals surface area contributed by atoms with E-state index in [0.29, 0.717) is 30.4 Å². The number of hydrogen-bond donors (Lipinski definition) is 1. The van der Waals surface area contributed by atoms with Gasteiger partial charge in [0.05, 0.1) is 24.2 Å². The van der Waals surface area contributed by atoms with E-state index in [1.807, 2.05) is 0 Å². The first-order chi connectivity index (χ1) is 11.5. The standard InChI is InChI=1S/C17H23N3O4/c1-12-10-13(20(22)23)6-7-14(12)18-17(21)11-19-8-9-24-16-5-3-2-4-15(16)19/h6-7,10,15-16H,2-5,8-9,11H2,1H3,(H,18,21)/t15-,16-/m0/s1. The molecule has 1 aromatic rings. The Bertz CT molecular complexity index is 632. The minimum absolute atomic E-state index is 0.0312. The maximum absolute atomic E-state index is 12.4. The number of amides is 1. The summed E-state index contributed by atoms with van der Waals surface area (Å²) in [7, 11) is 0. The second kappa shape index (κ2) is 7.27. The SMILES string of the molecule is Cc1cc([N+](=O)[O-])ccc1NC(=O)CN1CCO[C@H]2CCCC[C@@H]21. The number of rotatable bonds is 4. The summed E-state index contributed by atoms with van der Waals surface area (Å²) < 4.78 is 5.83. The zero-order valence-electron chi connectivity index (χ0n) is 13.9. The Labute approximate surface area is 141 Å². The number of fused-ring (bicyclic) bond motifs is 1. The maximum atomic E-state index is 12.4. The van der Waals surface area contributed by atoms with E-state index in [4.69, 9.17) is 4.74 Å². The Morgan fingerprint density at radius 1 is 1.42 bits per heavy atom. The van der Waals surface area contributed by atoms with Crippen LogP contribution in [0.1, 0.15) is 31.2 Å². The second-order valence-electron chi connectivity index (χ2n) is 6.54. The van der Waals surface area contributed by atoms with E-state index >= 15 is 0 Å². The van der Waals surface area contributed by atoms with Crippen LogP contribution >= 0.6 is 0 Å². The maximum Gasteiger partial charge on any atom is 0.269 e. The number of ether oxygens (including phenoxy) is 1. The summed E-state index contributed by atoms with van der Waals surface area (Å²) in [5.74, 6) is -0.0850. The van der Waals surface area contributed by atoms with Gasteiger partial charge in [0.25, 0.3) is 5.69 Å². The molecular formula is C17H23N3O4. The van der Waals surface area contributed by atoms with E-state index < -0.39 is 4.92 Å². The molecule has 1 heterocycles. The lowest BCUT2D eigenvalue weighted by molar-refractivity contribution is -0.384. The molecule has 3 rings (SSSR count). The van der Waals surface area contributed by atoms with Gasteiger partial charge in [-0.1, -0.05) is 12.8 Å². The largest absolute Gasteiger partial charge is 0.375 e. The quantitative estimate of drug-likeness (QED) is 0.676. The molecule has 0 radical (unpaired) electrons. The summed E-state index contributed by atoms with van der Waals surface area (Å²) in [6.45, 7) is 3.54. The summed E-state index contributed by atoms with van der Waals surface area (Å²) in [4.78, 5) is 25.0. The lowest BCUT2D eigenvalue weighted by Crippen LogP contribution is -2.54. The van der Waals surface area contributed by atoms with Crippen LogP contribution in [-0.2, 0) is 9.53 Å². The van der Waals surface area contributed by atoms with Crippen molar-refractivity contribution in [2.45, 2.75) is 44.8 Å². The van der Waals surface area contributed by atoms with E-state index in [-0.39, 0.29) is 17.7 Å². The summed E-state index contributed by atoms with van der Waals surface area (Å²) in [6, 6.07) is 4.81. The highest BCUT2D eigenvalue weighted by Crippen LogP contribution is 2.28. The van der Waals surface area contributed by atoms with Gasteiger partial charge in [-0.2, -0.15) is 0 Å². The van der Waals surface area contributed by atoms with E-state index in [9.17, 15) is 14.9 Å². The highest BCUT2D eigenvalue weighted by Gasteiger charge is 2.34. The molecular weight excluding hydrogens is 310 g/mol. The Morgan fingerprint density at radius 2 is 2.21 bits per heavy atom. The third kappa shape index (κ3) is 3.73. The molecule has 130 valence electrons. The molecule has 7 nitrogen and oxygen atoms in total. The van der Waals surface area contributed by atoms with Crippen LogP contribution in [0.25, 0.3) is 0 Å². The van der Waals surface area contributed by atoms with Crippen molar-refractivity contribution in [1.82, 2.24) is 4.90 Å². The van der Waals surface area contributed by atoms with Gasteiger partial charge < -0.3 is 10.1 Å².